The van der Waals surface area contributed by atoms with Crippen molar-refractivity contribution in [2.75, 3.05) is 0 Å². The van der Waals surface area contributed by atoms with Crippen molar-refractivity contribution in [3.8, 4) is 0 Å². The van der Waals surface area contributed by atoms with Gasteiger partial charge in [-0.3, -0.25) is 4.79 Å². The zero-order valence-electron chi connectivity index (χ0n) is 6.20. The Morgan fingerprint density at radius 1 is 1.42 bits per heavy atom. The third-order valence-corrected chi connectivity index (χ3v) is 1.33. The van der Waals surface area contributed by atoms with E-state index >= 15 is 0 Å². The second-order valence-electron chi connectivity index (χ2n) is 2.21. The lowest BCUT2D eigenvalue weighted by atomic mass is 10.2. The molecule has 1 aromatic rings. The first kappa shape index (κ1) is 8.46. The number of halogens is 1. The molecule has 62 valence electrons. The van der Waals surface area contributed by atoms with Crippen LogP contribution < -0.4 is 0 Å². The van der Waals surface area contributed by atoms with Gasteiger partial charge in [-0.15, -0.1) is 0 Å². The van der Waals surface area contributed by atoms with E-state index in [-0.39, 0.29) is 11.8 Å². The molecule has 0 bridgehead atoms. The Kier molecular flexibility index (Phi) is 2.58. The predicted molar refractivity (Wildman–Crippen MR) is 43.1 cm³/mol. The van der Waals surface area contributed by atoms with Gasteiger partial charge in [0.25, 0.3) is 0 Å². The smallest absolute Gasteiger partial charge is 0.184 e. The summed E-state index contributed by atoms with van der Waals surface area (Å²) in [6.07, 6.45) is 1.33. The van der Waals surface area contributed by atoms with E-state index in [0.29, 0.717) is 0 Å². The van der Waals surface area contributed by atoms with Gasteiger partial charge in [0.05, 0.1) is 0 Å². The molecule has 0 fully saturated rings. The first-order chi connectivity index (χ1) is 5.74. The van der Waals surface area contributed by atoms with Crippen LogP contribution in [0.15, 0.2) is 30.0 Å². The van der Waals surface area contributed by atoms with Crippen LogP contribution in [-0.4, -0.2) is 11.4 Å². The molecule has 1 N–H and O–H groups in total. The molecule has 0 atom stereocenters. The van der Waals surface area contributed by atoms with Gasteiger partial charge in [-0.05, 0) is 12.1 Å². The van der Waals surface area contributed by atoms with Crippen LogP contribution in [0.25, 0.3) is 6.08 Å². The zero-order chi connectivity index (χ0) is 8.97. The monoisotopic (exact) mass is 166 g/mol. The summed E-state index contributed by atoms with van der Waals surface area (Å²) in [5.74, 6) is -0.953. The van der Waals surface area contributed by atoms with E-state index in [1.807, 2.05) is 0 Å². The number of aldehydes is 1. The number of hydrogen-bond acceptors (Lipinski definition) is 2. The third kappa shape index (κ3) is 1.92. The molecule has 1 aromatic carbocycles. The topological polar surface area (TPSA) is 37.3 Å². The van der Waals surface area contributed by atoms with E-state index < -0.39 is 11.6 Å². The van der Waals surface area contributed by atoms with Gasteiger partial charge in [0, 0.05) is 5.56 Å². The molecule has 0 saturated carbocycles. The molecular weight excluding hydrogens is 159 g/mol. The number of carbonyl (C=O) groups is 1. The third-order valence-electron chi connectivity index (χ3n) is 1.33. The molecule has 3 heteroatoms. The molecule has 0 spiro atoms. The quantitative estimate of drug-likeness (QED) is 0.414. The second kappa shape index (κ2) is 3.67. The molecular formula is C9H7FO2. The molecule has 0 aliphatic rings. The van der Waals surface area contributed by atoms with Crippen molar-refractivity contribution < 1.29 is 14.3 Å². The average Bonchev–Trinajstić information content (AvgIpc) is 2.09. The van der Waals surface area contributed by atoms with Gasteiger partial charge in [0.15, 0.2) is 12.0 Å². The number of rotatable bonds is 2. The molecule has 0 radical (unpaired) electrons. The highest BCUT2D eigenvalue weighted by Gasteiger charge is 1.97. The number of aliphatic hydroxyl groups is 1. The number of hydrogen-bond donors (Lipinski definition) is 1. The Morgan fingerprint density at radius 3 is 2.67 bits per heavy atom. The number of aliphatic hydroxyl groups excluding tert-OH is 1. The van der Waals surface area contributed by atoms with Crippen molar-refractivity contribution in [3.05, 3.63) is 41.4 Å². The number of allylic oxidation sites excluding steroid dienone is 1. The van der Waals surface area contributed by atoms with Gasteiger partial charge in [0.2, 0.25) is 0 Å². The van der Waals surface area contributed by atoms with Crippen molar-refractivity contribution in [3.63, 3.8) is 0 Å². The van der Waals surface area contributed by atoms with E-state index in [2.05, 4.69) is 0 Å². The minimum Gasteiger partial charge on any atom is -0.505 e. The largest absolute Gasteiger partial charge is 0.505 e. The Bertz CT molecular complexity index is 318. The fourth-order valence-electron chi connectivity index (χ4n) is 0.785. The standard InChI is InChI=1S/C9H7FO2/c10-9-4-2-1-3-7(9)5-8(12)6-11/h1-6,12H/b8-5-. The van der Waals surface area contributed by atoms with Gasteiger partial charge < -0.3 is 5.11 Å². The fraction of sp³-hybridized carbons (Fsp3) is 0. The van der Waals surface area contributed by atoms with Gasteiger partial charge in [-0.25, -0.2) is 4.39 Å². The van der Waals surface area contributed by atoms with Crippen LogP contribution in [0.1, 0.15) is 5.56 Å². The van der Waals surface area contributed by atoms with Crippen LogP contribution in [0.2, 0.25) is 0 Å². The van der Waals surface area contributed by atoms with Crippen LogP contribution in [0.4, 0.5) is 4.39 Å². The first-order valence-electron chi connectivity index (χ1n) is 3.34. The van der Waals surface area contributed by atoms with Gasteiger partial charge >= 0.3 is 0 Å². The molecule has 0 unspecified atom stereocenters. The van der Waals surface area contributed by atoms with E-state index in [9.17, 15) is 9.18 Å². The van der Waals surface area contributed by atoms with Crippen LogP contribution >= 0.6 is 0 Å². The molecule has 0 aliphatic carbocycles. The summed E-state index contributed by atoms with van der Waals surface area (Å²) < 4.78 is 12.8. The van der Waals surface area contributed by atoms with E-state index in [1.54, 1.807) is 6.07 Å². The van der Waals surface area contributed by atoms with Crippen molar-refractivity contribution in [1.82, 2.24) is 0 Å². The molecule has 1 rings (SSSR count). The van der Waals surface area contributed by atoms with E-state index in [0.717, 1.165) is 6.08 Å². The highest BCUT2D eigenvalue weighted by atomic mass is 19.1. The summed E-state index contributed by atoms with van der Waals surface area (Å²) in [4.78, 5) is 9.98. The van der Waals surface area contributed by atoms with Crippen LogP contribution in [0.5, 0.6) is 0 Å². The normalized spacial score (nSPS) is 11.2. The summed E-state index contributed by atoms with van der Waals surface area (Å²) >= 11 is 0. The summed E-state index contributed by atoms with van der Waals surface area (Å²) in [6, 6.07) is 5.87. The highest BCUT2D eigenvalue weighted by molar-refractivity contribution is 5.78. The minimum absolute atomic E-state index is 0.196. The molecule has 0 saturated heterocycles. The molecule has 12 heavy (non-hydrogen) atoms. The van der Waals surface area contributed by atoms with Crippen molar-refractivity contribution >= 4 is 12.4 Å². The van der Waals surface area contributed by atoms with Crippen molar-refractivity contribution in [1.29, 1.82) is 0 Å². The maximum absolute atomic E-state index is 12.8. The summed E-state index contributed by atoms with van der Waals surface area (Å²) in [5, 5.41) is 8.76. The zero-order valence-corrected chi connectivity index (χ0v) is 6.20. The first-order valence-corrected chi connectivity index (χ1v) is 3.34. The van der Waals surface area contributed by atoms with Crippen LogP contribution in [0.3, 0.4) is 0 Å². The van der Waals surface area contributed by atoms with E-state index in [4.69, 9.17) is 5.11 Å². The van der Waals surface area contributed by atoms with Crippen molar-refractivity contribution in [2.24, 2.45) is 0 Å². The summed E-state index contributed by atoms with van der Waals surface area (Å²) in [6.45, 7) is 0. The van der Waals surface area contributed by atoms with E-state index in [1.165, 1.54) is 18.2 Å². The maximum Gasteiger partial charge on any atom is 0.184 e. The molecule has 0 heterocycles. The molecule has 2 nitrogen and oxygen atoms in total. The highest BCUT2D eigenvalue weighted by Crippen LogP contribution is 2.09. The van der Waals surface area contributed by atoms with Crippen molar-refractivity contribution in [2.45, 2.75) is 0 Å². The van der Waals surface area contributed by atoms with Gasteiger partial charge in [-0.2, -0.15) is 0 Å². The number of benzene rings is 1. The predicted octanol–water partition coefficient (Wildman–Crippen LogP) is 1.92. The Balaban J connectivity index is 3.04. The molecule has 0 aromatic heterocycles. The van der Waals surface area contributed by atoms with Crippen LogP contribution in [0, 0.1) is 5.82 Å². The number of carbonyl (C=O) groups excluding carboxylic acids is 1. The molecule has 0 aliphatic heterocycles. The maximum atomic E-state index is 12.8. The Labute approximate surface area is 69.0 Å². The molecule has 0 amide bonds. The summed E-state index contributed by atoms with van der Waals surface area (Å²) in [7, 11) is 0. The minimum atomic E-state index is -0.486. The Morgan fingerprint density at radius 2 is 2.08 bits per heavy atom. The second-order valence-corrected chi connectivity index (χ2v) is 2.21. The lowest BCUT2D eigenvalue weighted by Gasteiger charge is -1.94. The van der Waals surface area contributed by atoms with Gasteiger partial charge in [0.1, 0.15) is 5.82 Å². The lowest BCUT2D eigenvalue weighted by Crippen LogP contribution is -1.84. The fourth-order valence-corrected chi connectivity index (χ4v) is 0.785. The lowest BCUT2D eigenvalue weighted by molar-refractivity contribution is -0.106. The van der Waals surface area contributed by atoms with Crippen LogP contribution in [-0.2, 0) is 4.79 Å². The summed E-state index contributed by atoms with van der Waals surface area (Å²) in [5.41, 5.74) is 0.196. The van der Waals surface area contributed by atoms with Gasteiger partial charge in [-0.1, -0.05) is 18.2 Å². The SMILES string of the molecule is O=C/C(O)=C/c1ccccc1F. The Hall–Kier alpha value is -1.64. The average molecular weight is 166 g/mol.